The summed E-state index contributed by atoms with van der Waals surface area (Å²) in [4.78, 5) is 30.3. The molecule has 37 heavy (non-hydrogen) atoms. The summed E-state index contributed by atoms with van der Waals surface area (Å²) in [5.41, 5.74) is 8.68. The Morgan fingerprint density at radius 3 is 2.11 bits per heavy atom. The maximum atomic E-state index is 11.9. The number of carbonyl (C=O) groups is 1. The van der Waals surface area contributed by atoms with Crippen molar-refractivity contribution < 1.29 is 9.53 Å². The summed E-state index contributed by atoms with van der Waals surface area (Å²) in [7, 11) is 0. The van der Waals surface area contributed by atoms with Crippen molar-refractivity contribution in [1.29, 1.82) is 5.26 Å². The van der Waals surface area contributed by atoms with E-state index in [-0.39, 0.29) is 11.5 Å². The Labute approximate surface area is 214 Å². The van der Waals surface area contributed by atoms with Crippen LogP contribution in [0.25, 0.3) is 22.3 Å². The van der Waals surface area contributed by atoms with Crippen LogP contribution in [0.2, 0.25) is 0 Å². The van der Waals surface area contributed by atoms with Crippen molar-refractivity contribution in [3.63, 3.8) is 0 Å². The van der Waals surface area contributed by atoms with Gasteiger partial charge in [-0.3, -0.25) is 4.79 Å². The molecule has 7 heteroatoms. The lowest BCUT2D eigenvalue weighted by molar-refractivity contribution is 0.0527. The van der Waals surface area contributed by atoms with Crippen LogP contribution in [-0.2, 0) is 4.74 Å². The van der Waals surface area contributed by atoms with Crippen LogP contribution in [0, 0.1) is 11.3 Å². The van der Waals surface area contributed by atoms with E-state index in [0.29, 0.717) is 34.6 Å². The number of nitriles is 1. The van der Waals surface area contributed by atoms with E-state index in [1.165, 1.54) is 0 Å². The van der Waals surface area contributed by atoms with E-state index < -0.39 is 0 Å². The van der Waals surface area contributed by atoms with E-state index >= 15 is 0 Å². The zero-order valence-corrected chi connectivity index (χ0v) is 20.3. The number of nitrogens with one attached hydrogen (secondary N) is 1. The highest BCUT2D eigenvalue weighted by atomic mass is 16.5. The molecule has 0 spiro atoms. The maximum absolute atomic E-state index is 11.9. The van der Waals surface area contributed by atoms with Crippen molar-refractivity contribution in [2.45, 2.75) is 6.92 Å². The number of carbonyl (C=O) groups excluding carboxylic acids is 1. The van der Waals surface area contributed by atoms with E-state index in [2.05, 4.69) is 9.97 Å². The number of H-pyrrole nitrogens is 1. The third-order valence-corrected chi connectivity index (χ3v) is 5.02. The van der Waals surface area contributed by atoms with Gasteiger partial charge in [0.25, 0.3) is 5.56 Å². The fourth-order valence-corrected chi connectivity index (χ4v) is 3.22. The molecule has 184 valence electrons. The number of esters is 1. The molecule has 4 aromatic carbocycles. The average molecular weight is 491 g/mol. The van der Waals surface area contributed by atoms with Crippen LogP contribution in [0.15, 0.2) is 114 Å². The molecule has 5 aromatic rings. The average Bonchev–Trinajstić information content (AvgIpc) is 2.95. The van der Waals surface area contributed by atoms with E-state index in [0.717, 1.165) is 11.1 Å². The number of nitrogens with two attached hydrogens (primary N) is 1. The first-order valence-electron chi connectivity index (χ1n) is 11.5. The van der Waals surface area contributed by atoms with Gasteiger partial charge in [-0.2, -0.15) is 5.26 Å². The van der Waals surface area contributed by atoms with Crippen LogP contribution in [0.4, 0.5) is 5.69 Å². The van der Waals surface area contributed by atoms with Crippen LogP contribution >= 0.6 is 0 Å². The van der Waals surface area contributed by atoms with Crippen LogP contribution in [0.1, 0.15) is 22.8 Å². The van der Waals surface area contributed by atoms with Crippen LogP contribution in [-0.4, -0.2) is 22.5 Å². The summed E-state index contributed by atoms with van der Waals surface area (Å²) in [6, 6.07) is 35.0. The summed E-state index contributed by atoms with van der Waals surface area (Å²) in [5.74, 6) is 0.241. The molecule has 5 rings (SSSR count). The van der Waals surface area contributed by atoms with Crippen LogP contribution in [0.3, 0.4) is 0 Å². The van der Waals surface area contributed by atoms with Gasteiger partial charge in [-0.25, -0.2) is 9.78 Å². The molecular weight excluding hydrogens is 464 g/mol. The third-order valence-electron chi connectivity index (χ3n) is 5.02. The van der Waals surface area contributed by atoms with E-state index in [1.807, 2.05) is 72.8 Å². The van der Waals surface area contributed by atoms with Crippen molar-refractivity contribution in [2.75, 3.05) is 12.3 Å². The number of rotatable bonds is 3. The smallest absolute Gasteiger partial charge is 0.340 e. The summed E-state index contributed by atoms with van der Waals surface area (Å²) >= 11 is 0. The lowest BCUT2D eigenvalue weighted by atomic mass is 10.2. The molecular formula is C30H26N4O3. The molecule has 1 aromatic heterocycles. The first kappa shape index (κ1) is 26.4. The molecule has 0 saturated heterocycles. The third kappa shape index (κ3) is 7.64. The van der Waals surface area contributed by atoms with E-state index in [1.54, 1.807) is 49.4 Å². The number of para-hydroxylation sites is 2. The number of hydrogen-bond acceptors (Lipinski definition) is 6. The summed E-state index contributed by atoms with van der Waals surface area (Å²) in [6.45, 7) is 2.13. The molecule has 0 radical (unpaired) electrons. The van der Waals surface area contributed by atoms with Gasteiger partial charge >= 0.3 is 5.97 Å². The van der Waals surface area contributed by atoms with Crippen molar-refractivity contribution in [3.05, 3.63) is 131 Å². The zero-order valence-electron chi connectivity index (χ0n) is 20.3. The van der Waals surface area contributed by atoms with Gasteiger partial charge in [-0.05, 0) is 43.3 Å². The lowest BCUT2D eigenvalue weighted by Crippen LogP contribution is -2.09. The number of ether oxygens (including phenoxy) is 1. The van der Waals surface area contributed by atoms with Gasteiger partial charge < -0.3 is 15.5 Å². The van der Waals surface area contributed by atoms with Crippen LogP contribution in [0.5, 0.6) is 0 Å². The normalized spacial score (nSPS) is 9.62. The second kappa shape index (κ2) is 13.6. The number of nitrogen functional groups attached to an aromatic ring is 1. The summed E-state index contributed by atoms with van der Waals surface area (Å²) in [6.07, 6.45) is 0. The monoisotopic (exact) mass is 490 g/mol. The highest BCUT2D eigenvalue weighted by molar-refractivity contribution is 5.94. The van der Waals surface area contributed by atoms with E-state index in [9.17, 15) is 9.59 Å². The molecule has 0 saturated carbocycles. The largest absolute Gasteiger partial charge is 0.462 e. The topological polar surface area (TPSA) is 122 Å². The highest BCUT2D eigenvalue weighted by Crippen LogP contribution is 2.15. The Kier molecular flexibility index (Phi) is 9.71. The fraction of sp³-hybridized carbons (Fsp3) is 0.0667. The standard InChI is InChI=1S/C14H10N2O.C9H11NO2.C7H5N/c17-14-11-8-4-5-9-12(11)15-13(16-14)10-6-2-1-3-7-10;1-2-12-9(11)7-5-3-4-6-8(7)10;8-6-7-4-2-1-3-5-7/h1-9H,(H,15,16,17);3-6H,2,10H2,1H3;1-5H. The number of fused-ring (bicyclic) bond motifs is 1. The molecule has 0 aliphatic heterocycles. The molecule has 7 nitrogen and oxygen atoms in total. The molecule has 0 atom stereocenters. The predicted molar refractivity (Wildman–Crippen MR) is 146 cm³/mol. The molecule has 3 N–H and O–H groups in total. The quantitative estimate of drug-likeness (QED) is 0.251. The predicted octanol–water partition coefficient (Wildman–Crippen LogP) is 5.59. The van der Waals surface area contributed by atoms with Gasteiger partial charge in [0.1, 0.15) is 5.82 Å². The highest BCUT2D eigenvalue weighted by Gasteiger charge is 2.08. The number of nitrogens with zero attached hydrogens (tertiary/aromatic N) is 2. The number of aromatic amines is 1. The molecule has 0 fully saturated rings. The first-order chi connectivity index (χ1) is 18.0. The van der Waals surface area contributed by atoms with Crippen molar-refractivity contribution >= 4 is 22.6 Å². The number of anilines is 1. The summed E-state index contributed by atoms with van der Waals surface area (Å²) in [5, 5.41) is 8.91. The molecule has 0 aliphatic rings. The fourth-order valence-electron chi connectivity index (χ4n) is 3.22. The van der Waals surface area contributed by atoms with Gasteiger partial charge in [-0.1, -0.05) is 72.8 Å². The van der Waals surface area contributed by atoms with Gasteiger partial charge in [0, 0.05) is 11.3 Å². The molecule has 0 amide bonds. The van der Waals surface area contributed by atoms with Gasteiger partial charge in [0.2, 0.25) is 0 Å². The molecule has 1 heterocycles. The minimum atomic E-state index is -0.365. The van der Waals surface area contributed by atoms with Crippen molar-refractivity contribution in [3.8, 4) is 17.5 Å². The maximum Gasteiger partial charge on any atom is 0.340 e. The minimum Gasteiger partial charge on any atom is -0.462 e. The summed E-state index contributed by atoms with van der Waals surface area (Å²) < 4.78 is 4.79. The van der Waals surface area contributed by atoms with Gasteiger partial charge in [0.15, 0.2) is 0 Å². The second-order valence-corrected chi connectivity index (χ2v) is 7.58. The SMILES string of the molecule is CCOC(=O)c1ccccc1N.N#Cc1ccccc1.O=c1[nH]c(-c2ccccc2)nc2ccccc12. The number of benzene rings is 4. The van der Waals surface area contributed by atoms with E-state index in [4.69, 9.17) is 15.7 Å². The Morgan fingerprint density at radius 2 is 1.49 bits per heavy atom. The van der Waals surface area contributed by atoms with Crippen molar-refractivity contribution in [1.82, 2.24) is 9.97 Å². The van der Waals surface area contributed by atoms with Crippen molar-refractivity contribution in [2.24, 2.45) is 0 Å². The Morgan fingerprint density at radius 1 is 0.892 bits per heavy atom. The number of hydrogen-bond donors (Lipinski definition) is 2. The number of aromatic nitrogens is 2. The van der Waals surface area contributed by atoms with Crippen LogP contribution < -0.4 is 11.3 Å². The molecule has 0 bridgehead atoms. The molecule has 0 unspecified atom stereocenters. The second-order valence-electron chi connectivity index (χ2n) is 7.58. The Bertz CT molecular complexity index is 1540. The minimum absolute atomic E-state index is 0.102. The zero-order chi connectivity index (χ0) is 26.5. The molecule has 0 aliphatic carbocycles. The first-order valence-corrected chi connectivity index (χ1v) is 11.5. The van der Waals surface area contributed by atoms with Gasteiger partial charge in [0.05, 0.1) is 34.7 Å². The lowest BCUT2D eigenvalue weighted by Gasteiger charge is -2.03. The Hall–Kier alpha value is -5.22. The van der Waals surface area contributed by atoms with Gasteiger partial charge in [-0.15, -0.1) is 0 Å². The Balaban J connectivity index is 0.000000166.